The van der Waals surface area contributed by atoms with Crippen molar-refractivity contribution in [1.29, 1.82) is 0 Å². The number of quaternary nitrogens is 1. The Morgan fingerprint density at radius 1 is 0.808 bits per heavy atom. The fraction of sp³-hybridized carbons (Fsp3) is 0.900. The molecule has 6 heteroatoms. The van der Waals surface area contributed by atoms with Gasteiger partial charge in [0.15, 0.2) is 6.10 Å². The lowest BCUT2D eigenvalue weighted by Crippen LogP contribution is -2.50. The van der Waals surface area contributed by atoms with E-state index in [9.17, 15) is 14.7 Å². The Labute approximate surface area is 159 Å². The van der Waals surface area contributed by atoms with Crippen LogP contribution in [0.1, 0.15) is 85.5 Å². The molecule has 156 valence electrons. The SMILES string of the molecule is CCCC[N+](CCCC)(CCCC)CCCC.O=C([O-])CC(O)C(=O)O. The van der Waals surface area contributed by atoms with Gasteiger partial charge in [-0.25, -0.2) is 4.79 Å². The number of carbonyl (C=O) groups excluding carboxylic acids is 1. The molecule has 0 aromatic rings. The maximum atomic E-state index is 9.69. The Hall–Kier alpha value is -1.14. The molecular formula is C20H41NO5. The number of aliphatic hydroxyl groups excluding tert-OH is 1. The zero-order valence-corrected chi connectivity index (χ0v) is 17.3. The predicted molar refractivity (Wildman–Crippen MR) is 103 cm³/mol. The molecule has 0 aliphatic rings. The number of carbonyl (C=O) groups is 2. The van der Waals surface area contributed by atoms with Gasteiger partial charge in [0.1, 0.15) is 0 Å². The minimum Gasteiger partial charge on any atom is -0.550 e. The van der Waals surface area contributed by atoms with Crippen LogP contribution >= 0.6 is 0 Å². The van der Waals surface area contributed by atoms with E-state index in [1.165, 1.54) is 82.0 Å². The smallest absolute Gasteiger partial charge is 0.332 e. The van der Waals surface area contributed by atoms with Crippen molar-refractivity contribution >= 4 is 11.9 Å². The summed E-state index contributed by atoms with van der Waals surface area (Å²) in [5, 5.41) is 25.7. The average molecular weight is 376 g/mol. The maximum Gasteiger partial charge on any atom is 0.332 e. The lowest BCUT2D eigenvalue weighted by molar-refractivity contribution is -0.929. The number of carboxylic acids is 2. The highest BCUT2D eigenvalue weighted by molar-refractivity contribution is 5.78. The summed E-state index contributed by atoms with van der Waals surface area (Å²) in [7, 11) is 0. The summed E-state index contributed by atoms with van der Waals surface area (Å²) >= 11 is 0. The molecule has 26 heavy (non-hydrogen) atoms. The molecule has 6 nitrogen and oxygen atoms in total. The van der Waals surface area contributed by atoms with Crippen LogP contribution in [0.5, 0.6) is 0 Å². The van der Waals surface area contributed by atoms with Crippen LogP contribution < -0.4 is 5.11 Å². The third kappa shape index (κ3) is 15.1. The topological polar surface area (TPSA) is 97.7 Å². The van der Waals surface area contributed by atoms with Gasteiger partial charge in [0.05, 0.1) is 26.2 Å². The van der Waals surface area contributed by atoms with Crippen LogP contribution in [0.3, 0.4) is 0 Å². The molecule has 0 amide bonds. The van der Waals surface area contributed by atoms with Crippen molar-refractivity contribution in [2.24, 2.45) is 0 Å². The summed E-state index contributed by atoms with van der Waals surface area (Å²) in [5.74, 6) is -3.14. The molecule has 0 radical (unpaired) electrons. The number of aliphatic carboxylic acids is 2. The maximum absolute atomic E-state index is 9.69. The molecule has 0 aromatic carbocycles. The van der Waals surface area contributed by atoms with Gasteiger partial charge >= 0.3 is 5.97 Å². The van der Waals surface area contributed by atoms with Gasteiger partial charge in [0.25, 0.3) is 0 Å². The van der Waals surface area contributed by atoms with E-state index in [-0.39, 0.29) is 0 Å². The van der Waals surface area contributed by atoms with E-state index in [0.717, 1.165) is 0 Å². The molecule has 0 aliphatic carbocycles. The Balaban J connectivity index is 0. The van der Waals surface area contributed by atoms with Gasteiger partial charge in [-0.15, -0.1) is 0 Å². The summed E-state index contributed by atoms with van der Waals surface area (Å²) in [4.78, 5) is 19.3. The lowest BCUT2D eigenvalue weighted by atomic mass is 10.1. The van der Waals surface area contributed by atoms with Crippen LogP contribution in [-0.4, -0.2) is 58.9 Å². The van der Waals surface area contributed by atoms with Crippen molar-refractivity contribution in [3.8, 4) is 0 Å². The largest absolute Gasteiger partial charge is 0.550 e. The molecule has 0 spiro atoms. The van der Waals surface area contributed by atoms with Crippen molar-refractivity contribution in [3.05, 3.63) is 0 Å². The highest BCUT2D eigenvalue weighted by Gasteiger charge is 2.24. The molecular weight excluding hydrogens is 334 g/mol. The third-order valence-corrected chi connectivity index (χ3v) is 4.59. The van der Waals surface area contributed by atoms with Crippen molar-refractivity contribution in [3.63, 3.8) is 0 Å². The molecule has 0 saturated heterocycles. The Morgan fingerprint density at radius 3 is 1.27 bits per heavy atom. The van der Waals surface area contributed by atoms with Gasteiger partial charge in [0, 0.05) is 12.4 Å². The number of nitrogens with zero attached hydrogens (tertiary/aromatic N) is 1. The minimum atomic E-state index is -1.85. The third-order valence-electron chi connectivity index (χ3n) is 4.59. The van der Waals surface area contributed by atoms with E-state index >= 15 is 0 Å². The summed E-state index contributed by atoms with van der Waals surface area (Å²) in [6, 6.07) is 0. The van der Waals surface area contributed by atoms with E-state index in [0.29, 0.717) is 0 Å². The zero-order valence-electron chi connectivity index (χ0n) is 17.3. The second-order valence-corrected chi connectivity index (χ2v) is 7.08. The number of carboxylic acid groups (broad SMARTS) is 2. The Morgan fingerprint density at radius 2 is 1.12 bits per heavy atom. The van der Waals surface area contributed by atoms with E-state index in [2.05, 4.69) is 27.7 Å². The van der Waals surface area contributed by atoms with Gasteiger partial charge in [0.2, 0.25) is 0 Å². The summed E-state index contributed by atoms with van der Waals surface area (Å²) in [6.45, 7) is 15.0. The van der Waals surface area contributed by atoms with Crippen LogP contribution in [0.2, 0.25) is 0 Å². The highest BCUT2D eigenvalue weighted by Crippen LogP contribution is 2.16. The lowest BCUT2D eigenvalue weighted by Gasteiger charge is -2.39. The molecule has 0 aliphatic heterocycles. The molecule has 0 aromatic heterocycles. The van der Waals surface area contributed by atoms with Gasteiger partial charge in [-0.05, 0) is 25.7 Å². The fourth-order valence-corrected chi connectivity index (χ4v) is 2.89. The van der Waals surface area contributed by atoms with Gasteiger partial charge in [-0.1, -0.05) is 53.4 Å². The van der Waals surface area contributed by atoms with Crippen LogP contribution in [-0.2, 0) is 9.59 Å². The van der Waals surface area contributed by atoms with Gasteiger partial charge < -0.3 is 24.6 Å². The molecule has 1 unspecified atom stereocenters. The first-order valence-electron chi connectivity index (χ1n) is 10.2. The first kappa shape index (κ1) is 27.1. The van der Waals surface area contributed by atoms with Crippen LogP contribution in [0.4, 0.5) is 0 Å². The Kier molecular flexibility index (Phi) is 18.0. The average Bonchev–Trinajstić information content (AvgIpc) is 2.60. The second-order valence-electron chi connectivity index (χ2n) is 7.08. The molecule has 0 saturated carbocycles. The molecule has 1 atom stereocenters. The van der Waals surface area contributed by atoms with E-state index in [1.807, 2.05) is 0 Å². The van der Waals surface area contributed by atoms with Crippen molar-refractivity contribution in [1.82, 2.24) is 0 Å². The number of unbranched alkanes of at least 4 members (excludes halogenated alkanes) is 4. The van der Waals surface area contributed by atoms with Gasteiger partial charge in [-0.2, -0.15) is 0 Å². The summed E-state index contributed by atoms with van der Waals surface area (Å²) in [6.07, 6.45) is 8.34. The van der Waals surface area contributed by atoms with Crippen LogP contribution in [0.15, 0.2) is 0 Å². The predicted octanol–water partition coefficient (Wildman–Crippen LogP) is 2.58. The number of hydrogen-bond acceptors (Lipinski definition) is 4. The minimum absolute atomic E-state index is 0.866. The van der Waals surface area contributed by atoms with E-state index < -0.39 is 24.5 Å². The molecule has 0 heterocycles. The molecule has 0 fully saturated rings. The molecule has 0 bridgehead atoms. The summed E-state index contributed by atoms with van der Waals surface area (Å²) in [5.41, 5.74) is 0. The van der Waals surface area contributed by atoms with Crippen molar-refractivity contribution in [2.75, 3.05) is 26.2 Å². The van der Waals surface area contributed by atoms with Crippen LogP contribution in [0.25, 0.3) is 0 Å². The monoisotopic (exact) mass is 375 g/mol. The number of aliphatic hydroxyl groups is 1. The molecule has 0 rings (SSSR count). The summed E-state index contributed by atoms with van der Waals surface area (Å²) < 4.78 is 1.42. The Bertz CT molecular complexity index is 323. The first-order chi connectivity index (χ1) is 12.3. The zero-order chi connectivity index (χ0) is 20.4. The van der Waals surface area contributed by atoms with Crippen molar-refractivity contribution < 1.29 is 29.4 Å². The van der Waals surface area contributed by atoms with Gasteiger partial charge in [-0.3, -0.25) is 0 Å². The number of hydrogen-bond donors (Lipinski definition) is 2. The van der Waals surface area contributed by atoms with Crippen LogP contribution in [0, 0.1) is 0 Å². The quantitative estimate of drug-likeness (QED) is 0.429. The van der Waals surface area contributed by atoms with E-state index in [1.54, 1.807) is 0 Å². The molecule has 2 N–H and O–H groups in total. The standard InChI is InChI=1S/C16H36N.C4H6O5/c1-5-9-13-17(14-10-6-2,15-11-7-3)16-12-8-4;5-2(4(8)9)1-3(6)7/h5-16H2,1-4H3;2,5H,1H2,(H,6,7)(H,8,9)/q+1;/p-1. The van der Waals surface area contributed by atoms with Crippen molar-refractivity contribution in [2.45, 2.75) is 91.6 Å². The highest BCUT2D eigenvalue weighted by atomic mass is 16.4. The van der Waals surface area contributed by atoms with E-state index in [4.69, 9.17) is 10.2 Å². The first-order valence-corrected chi connectivity index (χ1v) is 10.2. The second kappa shape index (κ2) is 17.3. The fourth-order valence-electron chi connectivity index (χ4n) is 2.89. The number of rotatable bonds is 15. The normalized spacial score (nSPS) is 12.2.